The van der Waals surface area contributed by atoms with Gasteiger partial charge in [0.2, 0.25) is 0 Å². The summed E-state index contributed by atoms with van der Waals surface area (Å²) in [6.07, 6.45) is 3.69. The first-order valence-electron chi connectivity index (χ1n) is 4.41. The molecular formula is C11H11BrN2. The van der Waals surface area contributed by atoms with Gasteiger partial charge in [-0.25, -0.2) is 4.98 Å². The summed E-state index contributed by atoms with van der Waals surface area (Å²) in [5.41, 5.74) is 3.58. The summed E-state index contributed by atoms with van der Waals surface area (Å²) in [6.45, 7) is 2.09. The summed E-state index contributed by atoms with van der Waals surface area (Å²) in [4.78, 5) is 4.10. The first kappa shape index (κ1) is 9.46. The van der Waals surface area contributed by atoms with Gasteiger partial charge in [0.05, 0.1) is 18.2 Å². The van der Waals surface area contributed by atoms with E-state index < -0.39 is 0 Å². The van der Waals surface area contributed by atoms with E-state index in [1.807, 2.05) is 24.1 Å². The molecule has 72 valence electrons. The van der Waals surface area contributed by atoms with E-state index in [0.717, 1.165) is 10.2 Å². The zero-order valence-corrected chi connectivity index (χ0v) is 9.75. The van der Waals surface area contributed by atoms with E-state index >= 15 is 0 Å². The van der Waals surface area contributed by atoms with Gasteiger partial charge in [-0.05, 0) is 24.6 Å². The Morgan fingerprint density at radius 3 is 2.71 bits per heavy atom. The minimum atomic E-state index is 1.14. The fraction of sp³-hybridized carbons (Fsp3) is 0.182. The second-order valence-electron chi connectivity index (χ2n) is 3.35. The van der Waals surface area contributed by atoms with Crippen LogP contribution in [0.4, 0.5) is 0 Å². The molecule has 2 aromatic rings. The SMILES string of the molecule is Cc1cc(-c2cncn2C)ccc1Br. The minimum Gasteiger partial charge on any atom is -0.334 e. The maximum atomic E-state index is 4.10. The Morgan fingerprint density at radius 1 is 1.36 bits per heavy atom. The Kier molecular flexibility index (Phi) is 2.42. The zero-order chi connectivity index (χ0) is 10.1. The summed E-state index contributed by atoms with van der Waals surface area (Å²) in [5, 5.41) is 0. The highest BCUT2D eigenvalue weighted by molar-refractivity contribution is 9.10. The number of halogens is 1. The number of benzene rings is 1. The van der Waals surface area contributed by atoms with Crippen molar-refractivity contribution in [2.75, 3.05) is 0 Å². The fourth-order valence-corrected chi connectivity index (χ4v) is 1.69. The highest BCUT2D eigenvalue weighted by Crippen LogP contribution is 2.24. The Hall–Kier alpha value is -1.09. The number of aryl methyl sites for hydroxylation is 2. The number of hydrogen-bond donors (Lipinski definition) is 0. The molecule has 1 aromatic heterocycles. The Bertz CT molecular complexity index is 460. The third-order valence-corrected chi connectivity index (χ3v) is 3.16. The molecule has 0 saturated heterocycles. The van der Waals surface area contributed by atoms with Crippen molar-refractivity contribution in [2.45, 2.75) is 6.92 Å². The van der Waals surface area contributed by atoms with E-state index in [4.69, 9.17) is 0 Å². The van der Waals surface area contributed by atoms with Crippen LogP contribution in [0.3, 0.4) is 0 Å². The topological polar surface area (TPSA) is 17.8 Å². The van der Waals surface area contributed by atoms with Crippen molar-refractivity contribution in [1.82, 2.24) is 9.55 Å². The number of aromatic nitrogens is 2. The molecule has 0 radical (unpaired) electrons. The third kappa shape index (κ3) is 1.60. The second kappa shape index (κ2) is 3.58. The molecule has 0 fully saturated rings. The highest BCUT2D eigenvalue weighted by Gasteiger charge is 2.03. The molecule has 1 heterocycles. The van der Waals surface area contributed by atoms with Gasteiger partial charge in [0.1, 0.15) is 0 Å². The molecule has 0 unspecified atom stereocenters. The van der Waals surface area contributed by atoms with Crippen LogP contribution in [0.25, 0.3) is 11.3 Å². The fourth-order valence-electron chi connectivity index (χ4n) is 1.44. The van der Waals surface area contributed by atoms with Crippen molar-refractivity contribution in [3.63, 3.8) is 0 Å². The first-order chi connectivity index (χ1) is 6.68. The minimum absolute atomic E-state index is 1.14. The third-order valence-electron chi connectivity index (χ3n) is 2.27. The average molecular weight is 251 g/mol. The van der Waals surface area contributed by atoms with Crippen molar-refractivity contribution in [3.05, 3.63) is 40.8 Å². The van der Waals surface area contributed by atoms with Gasteiger partial charge in [0.25, 0.3) is 0 Å². The molecule has 14 heavy (non-hydrogen) atoms. The normalized spacial score (nSPS) is 10.5. The number of nitrogens with zero attached hydrogens (tertiary/aromatic N) is 2. The summed E-state index contributed by atoms with van der Waals surface area (Å²) in [6, 6.07) is 6.31. The van der Waals surface area contributed by atoms with E-state index in [1.54, 1.807) is 0 Å². The summed E-state index contributed by atoms with van der Waals surface area (Å²) in [7, 11) is 2.00. The van der Waals surface area contributed by atoms with Crippen molar-refractivity contribution in [3.8, 4) is 11.3 Å². The Labute approximate surface area is 91.7 Å². The molecule has 0 amide bonds. The van der Waals surface area contributed by atoms with Crippen LogP contribution in [0.1, 0.15) is 5.56 Å². The lowest BCUT2D eigenvalue weighted by molar-refractivity contribution is 0.921. The predicted octanol–water partition coefficient (Wildman–Crippen LogP) is 3.16. The monoisotopic (exact) mass is 250 g/mol. The molecule has 3 heteroatoms. The smallest absolute Gasteiger partial charge is 0.0948 e. The number of imidazole rings is 1. The molecule has 0 atom stereocenters. The number of hydrogen-bond acceptors (Lipinski definition) is 1. The molecule has 0 N–H and O–H groups in total. The molecule has 0 spiro atoms. The quantitative estimate of drug-likeness (QED) is 0.761. The maximum Gasteiger partial charge on any atom is 0.0948 e. The van der Waals surface area contributed by atoms with Crippen LogP contribution in [0.5, 0.6) is 0 Å². The zero-order valence-electron chi connectivity index (χ0n) is 8.16. The van der Waals surface area contributed by atoms with Crippen LogP contribution in [0.2, 0.25) is 0 Å². The molecule has 2 rings (SSSR count). The highest BCUT2D eigenvalue weighted by atomic mass is 79.9. The van der Waals surface area contributed by atoms with E-state index in [1.165, 1.54) is 11.1 Å². The van der Waals surface area contributed by atoms with E-state index in [0.29, 0.717) is 0 Å². The Balaban J connectivity index is 2.53. The summed E-state index contributed by atoms with van der Waals surface area (Å²) < 4.78 is 3.16. The molecule has 0 aliphatic carbocycles. The first-order valence-corrected chi connectivity index (χ1v) is 5.20. The van der Waals surface area contributed by atoms with E-state index in [-0.39, 0.29) is 0 Å². The van der Waals surface area contributed by atoms with Crippen LogP contribution in [-0.4, -0.2) is 9.55 Å². The van der Waals surface area contributed by atoms with Crippen molar-refractivity contribution in [1.29, 1.82) is 0 Å². The van der Waals surface area contributed by atoms with Gasteiger partial charge in [-0.2, -0.15) is 0 Å². The molecular weight excluding hydrogens is 240 g/mol. The van der Waals surface area contributed by atoms with Crippen molar-refractivity contribution in [2.24, 2.45) is 7.05 Å². The molecule has 0 aliphatic heterocycles. The van der Waals surface area contributed by atoms with Crippen LogP contribution < -0.4 is 0 Å². The van der Waals surface area contributed by atoms with Gasteiger partial charge in [-0.15, -0.1) is 0 Å². The van der Waals surface area contributed by atoms with Gasteiger partial charge < -0.3 is 4.57 Å². The predicted molar refractivity (Wildman–Crippen MR) is 61.1 cm³/mol. The molecule has 0 saturated carbocycles. The Morgan fingerprint density at radius 2 is 2.14 bits per heavy atom. The number of rotatable bonds is 1. The maximum absolute atomic E-state index is 4.10. The molecule has 1 aromatic carbocycles. The van der Waals surface area contributed by atoms with Crippen LogP contribution in [-0.2, 0) is 7.05 Å². The lowest BCUT2D eigenvalue weighted by Gasteiger charge is -2.04. The van der Waals surface area contributed by atoms with Gasteiger partial charge in [0.15, 0.2) is 0 Å². The van der Waals surface area contributed by atoms with Gasteiger partial charge in [-0.1, -0.05) is 22.0 Å². The van der Waals surface area contributed by atoms with Crippen LogP contribution in [0, 0.1) is 6.92 Å². The molecule has 0 aliphatic rings. The summed E-state index contributed by atoms with van der Waals surface area (Å²) >= 11 is 3.49. The second-order valence-corrected chi connectivity index (χ2v) is 4.21. The van der Waals surface area contributed by atoms with Gasteiger partial charge in [0, 0.05) is 17.1 Å². The van der Waals surface area contributed by atoms with Gasteiger partial charge in [-0.3, -0.25) is 0 Å². The van der Waals surface area contributed by atoms with E-state index in [2.05, 4.69) is 46.0 Å². The standard InChI is InChI=1S/C11H11BrN2/c1-8-5-9(3-4-10(8)12)11-6-13-7-14(11)2/h3-7H,1-2H3. The lowest BCUT2D eigenvalue weighted by Crippen LogP contribution is -1.89. The van der Waals surface area contributed by atoms with Crippen molar-refractivity contribution < 1.29 is 0 Å². The molecule has 0 bridgehead atoms. The largest absolute Gasteiger partial charge is 0.334 e. The van der Waals surface area contributed by atoms with Crippen molar-refractivity contribution >= 4 is 15.9 Å². The molecule has 2 nitrogen and oxygen atoms in total. The van der Waals surface area contributed by atoms with Crippen LogP contribution >= 0.6 is 15.9 Å². The van der Waals surface area contributed by atoms with E-state index in [9.17, 15) is 0 Å². The summed E-state index contributed by atoms with van der Waals surface area (Å²) in [5.74, 6) is 0. The van der Waals surface area contributed by atoms with Crippen LogP contribution in [0.15, 0.2) is 35.2 Å². The lowest BCUT2D eigenvalue weighted by atomic mass is 10.1. The average Bonchev–Trinajstić information content (AvgIpc) is 2.57. The van der Waals surface area contributed by atoms with Gasteiger partial charge >= 0.3 is 0 Å².